The summed E-state index contributed by atoms with van der Waals surface area (Å²) in [4.78, 5) is 15.2. The van der Waals surface area contributed by atoms with Gasteiger partial charge in [0.05, 0.1) is 12.3 Å². The second-order valence-electron chi connectivity index (χ2n) is 5.25. The summed E-state index contributed by atoms with van der Waals surface area (Å²) in [6, 6.07) is 11.6. The van der Waals surface area contributed by atoms with E-state index < -0.39 is 0 Å². The van der Waals surface area contributed by atoms with Crippen molar-refractivity contribution in [2.75, 3.05) is 13.2 Å². The van der Waals surface area contributed by atoms with E-state index in [0.29, 0.717) is 13.2 Å². The van der Waals surface area contributed by atoms with Crippen molar-refractivity contribution in [3.8, 4) is 17.0 Å². The molecule has 0 unspecified atom stereocenters. The first kappa shape index (κ1) is 16.3. The van der Waals surface area contributed by atoms with Gasteiger partial charge in [0.25, 0.3) is 5.56 Å². The molecule has 0 aliphatic rings. The van der Waals surface area contributed by atoms with Gasteiger partial charge >= 0.3 is 0 Å². The molecule has 0 saturated carbocycles. The van der Waals surface area contributed by atoms with E-state index in [1.165, 1.54) is 0 Å². The Hall–Kier alpha value is -2.07. The fraction of sp³-hybridized carbons (Fsp3) is 0.389. The minimum absolute atomic E-state index is 0.0496. The number of benzene rings is 1. The van der Waals surface area contributed by atoms with Crippen LogP contribution in [0.15, 0.2) is 41.2 Å². The van der Waals surface area contributed by atoms with Gasteiger partial charge in [-0.1, -0.05) is 32.0 Å². The van der Waals surface area contributed by atoms with Gasteiger partial charge in [0.15, 0.2) is 0 Å². The van der Waals surface area contributed by atoms with Crippen molar-refractivity contribution < 1.29 is 4.74 Å². The molecule has 1 aromatic heterocycles. The summed E-state index contributed by atoms with van der Waals surface area (Å²) in [5.74, 6) is 0.803. The van der Waals surface area contributed by atoms with Gasteiger partial charge in [-0.2, -0.15) is 0 Å². The predicted molar refractivity (Wildman–Crippen MR) is 90.3 cm³/mol. The second kappa shape index (κ2) is 8.39. The van der Waals surface area contributed by atoms with E-state index in [9.17, 15) is 4.79 Å². The van der Waals surface area contributed by atoms with Crippen molar-refractivity contribution in [1.82, 2.24) is 10.3 Å². The third kappa shape index (κ3) is 4.21. The van der Waals surface area contributed by atoms with Gasteiger partial charge in [-0.15, -0.1) is 0 Å². The van der Waals surface area contributed by atoms with Gasteiger partial charge in [-0.3, -0.25) is 4.79 Å². The first-order valence-corrected chi connectivity index (χ1v) is 7.91. The smallest absolute Gasteiger partial charge is 0.252 e. The molecule has 2 rings (SSSR count). The number of H-pyrrole nitrogens is 1. The lowest BCUT2D eigenvalue weighted by atomic mass is 10.1. The fourth-order valence-electron chi connectivity index (χ4n) is 2.23. The number of ether oxygens (including phenoxy) is 1. The monoisotopic (exact) mass is 300 g/mol. The van der Waals surface area contributed by atoms with Crippen LogP contribution in [-0.2, 0) is 6.54 Å². The third-order valence-electron chi connectivity index (χ3n) is 3.37. The van der Waals surface area contributed by atoms with Gasteiger partial charge in [0.1, 0.15) is 5.75 Å². The number of para-hydroxylation sites is 1. The quantitative estimate of drug-likeness (QED) is 0.735. The molecule has 22 heavy (non-hydrogen) atoms. The molecule has 1 heterocycles. The van der Waals surface area contributed by atoms with Gasteiger partial charge in [-0.05, 0) is 37.6 Å². The normalized spacial score (nSPS) is 10.6. The maximum atomic E-state index is 12.2. The standard InChI is InChI=1S/C18H24N2O2/c1-3-11-19-13-14-9-10-16(20-18(14)21)15-7-5-6-8-17(15)22-12-4-2/h5-10,19H,3-4,11-13H2,1-2H3,(H,20,21). The minimum atomic E-state index is -0.0496. The largest absolute Gasteiger partial charge is 0.493 e. The zero-order valence-corrected chi connectivity index (χ0v) is 13.3. The van der Waals surface area contributed by atoms with Crippen LogP contribution in [0.4, 0.5) is 0 Å². The Morgan fingerprint density at radius 2 is 1.91 bits per heavy atom. The van der Waals surface area contributed by atoms with E-state index in [1.54, 1.807) is 0 Å². The molecule has 0 amide bonds. The Bertz CT molecular complexity index is 650. The Kier molecular flexibility index (Phi) is 6.22. The van der Waals surface area contributed by atoms with E-state index in [2.05, 4.69) is 24.1 Å². The fourth-order valence-corrected chi connectivity index (χ4v) is 2.23. The van der Waals surface area contributed by atoms with Gasteiger partial charge < -0.3 is 15.0 Å². The Morgan fingerprint density at radius 1 is 1.09 bits per heavy atom. The average molecular weight is 300 g/mol. The highest BCUT2D eigenvalue weighted by atomic mass is 16.5. The van der Waals surface area contributed by atoms with E-state index in [-0.39, 0.29) is 5.56 Å². The Balaban J connectivity index is 2.23. The number of nitrogens with one attached hydrogen (secondary N) is 2. The summed E-state index contributed by atoms with van der Waals surface area (Å²) >= 11 is 0. The third-order valence-corrected chi connectivity index (χ3v) is 3.37. The molecule has 4 heteroatoms. The van der Waals surface area contributed by atoms with Crippen molar-refractivity contribution >= 4 is 0 Å². The highest BCUT2D eigenvalue weighted by Gasteiger charge is 2.08. The predicted octanol–water partition coefficient (Wildman–Crippen LogP) is 3.33. The van der Waals surface area contributed by atoms with Crippen LogP contribution in [0.5, 0.6) is 5.75 Å². The number of pyridine rings is 1. The lowest BCUT2D eigenvalue weighted by molar-refractivity contribution is 0.318. The molecule has 0 aliphatic carbocycles. The van der Waals surface area contributed by atoms with Crippen LogP contribution >= 0.6 is 0 Å². The number of hydrogen-bond acceptors (Lipinski definition) is 3. The molecular formula is C18H24N2O2. The molecule has 0 fully saturated rings. The van der Waals surface area contributed by atoms with Crippen LogP contribution in [0, 0.1) is 0 Å². The Morgan fingerprint density at radius 3 is 2.64 bits per heavy atom. The van der Waals surface area contributed by atoms with Gasteiger partial charge in [0, 0.05) is 17.7 Å². The SMILES string of the molecule is CCCNCc1ccc(-c2ccccc2OCCC)[nH]c1=O. The minimum Gasteiger partial charge on any atom is -0.493 e. The number of aromatic amines is 1. The number of hydrogen-bond donors (Lipinski definition) is 2. The zero-order valence-electron chi connectivity index (χ0n) is 13.3. The first-order valence-electron chi connectivity index (χ1n) is 7.91. The molecule has 0 radical (unpaired) electrons. The van der Waals surface area contributed by atoms with Crippen molar-refractivity contribution in [2.24, 2.45) is 0 Å². The van der Waals surface area contributed by atoms with Crippen LogP contribution < -0.4 is 15.6 Å². The number of aromatic nitrogens is 1. The Labute approximate surface area is 131 Å². The molecule has 4 nitrogen and oxygen atoms in total. The van der Waals surface area contributed by atoms with Gasteiger partial charge in [0.2, 0.25) is 0 Å². The molecule has 0 atom stereocenters. The number of rotatable bonds is 8. The van der Waals surface area contributed by atoms with E-state index >= 15 is 0 Å². The molecule has 0 spiro atoms. The molecule has 0 bridgehead atoms. The van der Waals surface area contributed by atoms with Crippen LogP contribution in [0.3, 0.4) is 0 Å². The molecular weight excluding hydrogens is 276 g/mol. The average Bonchev–Trinajstić information content (AvgIpc) is 2.55. The maximum absolute atomic E-state index is 12.2. The summed E-state index contributed by atoms with van der Waals surface area (Å²) in [6.45, 7) is 6.35. The lowest BCUT2D eigenvalue weighted by Crippen LogP contribution is -2.21. The highest BCUT2D eigenvalue weighted by Crippen LogP contribution is 2.27. The van der Waals surface area contributed by atoms with E-state index in [0.717, 1.165) is 42.0 Å². The lowest BCUT2D eigenvalue weighted by Gasteiger charge is -2.11. The highest BCUT2D eigenvalue weighted by molar-refractivity contribution is 5.67. The van der Waals surface area contributed by atoms with Crippen molar-refractivity contribution in [2.45, 2.75) is 33.2 Å². The molecule has 0 aliphatic heterocycles. The van der Waals surface area contributed by atoms with Crippen LogP contribution in [0.25, 0.3) is 11.3 Å². The maximum Gasteiger partial charge on any atom is 0.252 e. The second-order valence-corrected chi connectivity index (χ2v) is 5.25. The van der Waals surface area contributed by atoms with Crippen LogP contribution in [-0.4, -0.2) is 18.1 Å². The summed E-state index contributed by atoms with van der Waals surface area (Å²) in [6.07, 6.45) is 2.00. The molecule has 1 aromatic carbocycles. The van der Waals surface area contributed by atoms with Crippen molar-refractivity contribution in [3.05, 3.63) is 52.3 Å². The molecule has 0 saturated heterocycles. The topological polar surface area (TPSA) is 54.1 Å². The molecule has 2 aromatic rings. The first-order chi connectivity index (χ1) is 10.8. The summed E-state index contributed by atoms with van der Waals surface area (Å²) in [5, 5.41) is 3.25. The summed E-state index contributed by atoms with van der Waals surface area (Å²) in [5.41, 5.74) is 2.41. The summed E-state index contributed by atoms with van der Waals surface area (Å²) < 4.78 is 5.76. The van der Waals surface area contributed by atoms with E-state index in [4.69, 9.17) is 4.74 Å². The summed E-state index contributed by atoms with van der Waals surface area (Å²) in [7, 11) is 0. The zero-order chi connectivity index (χ0) is 15.8. The van der Waals surface area contributed by atoms with Gasteiger partial charge in [-0.25, -0.2) is 0 Å². The van der Waals surface area contributed by atoms with Crippen LogP contribution in [0.1, 0.15) is 32.3 Å². The van der Waals surface area contributed by atoms with Crippen LogP contribution in [0.2, 0.25) is 0 Å². The van der Waals surface area contributed by atoms with Crippen molar-refractivity contribution in [1.29, 1.82) is 0 Å². The molecule has 2 N–H and O–H groups in total. The van der Waals surface area contributed by atoms with Crippen molar-refractivity contribution in [3.63, 3.8) is 0 Å². The molecule has 118 valence electrons. The van der Waals surface area contributed by atoms with E-state index in [1.807, 2.05) is 36.4 Å².